The number of dihydropyridines is 1. The van der Waals surface area contributed by atoms with Gasteiger partial charge in [-0.1, -0.05) is 29.8 Å². The van der Waals surface area contributed by atoms with Gasteiger partial charge in [-0.15, -0.1) is 11.6 Å². The van der Waals surface area contributed by atoms with Crippen LogP contribution in [0, 0.1) is 0 Å². The third kappa shape index (κ3) is 8.04. The molecule has 1 heterocycles. The van der Waals surface area contributed by atoms with Crippen molar-refractivity contribution in [1.29, 1.82) is 0 Å². The average molecular weight is 503 g/mol. The lowest BCUT2D eigenvalue weighted by molar-refractivity contribution is -0.139. The number of hydrogen-bond acceptors (Lipinski definition) is 8. The SMILES string of the molecule is CCOC(=O)C1=C(COCCN)NC(C)=C(C(=O)OC)C1c1ccccc1Cl.O=C(O)CCl. The lowest BCUT2D eigenvalue weighted by Gasteiger charge is -2.31. The van der Waals surface area contributed by atoms with Crippen LogP contribution >= 0.6 is 23.2 Å². The maximum absolute atomic E-state index is 12.9. The zero-order chi connectivity index (χ0) is 25.0. The van der Waals surface area contributed by atoms with Crippen molar-refractivity contribution < 1.29 is 33.7 Å². The minimum Gasteiger partial charge on any atom is -0.480 e. The monoisotopic (exact) mass is 502 g/mol. The highest BCUT2D eigenvalue weighted by atomic mass is 35.5. The van der Waals surface area contributed by atoms with Crippen LogP contribution in [-0.2, 0) is 28.6 Å². The molecule has 2 rings (SSSR count). The van der Waals surface area contributed by atoms with E-state index in [9.17, 15) is 14.4 Å². The normalized spacial score (nSPS) is 15.3. The molecule has 11 heteroatoms. The fourth-order valence-electron chi connectivity index (χ4n) is 3.12. The molecule has 1 aliphatic heterocycles. The van der Waals surface area contributed by atoms with Crippen LogP contribution in [0.5, 0.6) is 0 Å². The van der Waals surface area contributed by atoms with Gasteiger partial charge in [0.15, 0.2) is 0 Å². The molecule has 0 aromatic heterocycles. The first-order valence-corrected chi connectivity index (χ1v) is 10.9. The van der Waals surface area contributed by atoms with Crippen molar-refractivity contribution in [2.45, 2.75) is 19.8 Å². The van der Waals surface area contributed by atoms with Crippen molar-refractivity contribution in [3.8, 4) is 0 Å². The highest BCUT2D eigenvalue weighted by Gasteiger charge is 2.39. The molecular formula is C22H28Cl2N2O7. The Hall–Kier alpha value is -2.59. The Kier molecular flexibility index (Phi) is 12.5. The summed E-state index contributed by atoms with van der Waals surface area (Å²) in [6, 6.07) is 7.05. The zero-order valence-electron chi connectivity index (χ0n) is 18.7. The molecule has 1 aromatic carbocycles. The van der Waals surface area contributed by atoms with Crippen molar-refractivity contribution in [2.75, 3.05) is 39.4 Å². The second-order valence-corrected chi connectivity index (χ2v) is 7.27. The molecule has 0 saturated heterocycles. The van der Waals surface area contributed by atoms with E-state index in [1.54, 1.807) is 38.1 Å². The predicted molar refractivity (Wildman–Crippen MR) is 124 cm³/mol. The first-order chi connectivity index (χ1) is 15.7. The summed E-state index contributed by atoms with van der Waals surface area (Å²) in [5.41, 5.74) is 7.70. The first-order valence-electron chi connectivity index (χ1n) is 9.99. The number of carboxylic acids is 1. The average Bonchev–Trinajstić information content (AvgIpc) is 2.79. The largest absolute Gasteiger partial charge is 0.480 e. The summed E-state index contributed by atoms with van der Waals surface area (Å²) in [7, 11) is 1.29. The fraction of sp³-hybridized carbons (Fsp3) is 0.409. The van der Waals surface area contributed by atoms with Gasteiger partial charge in [-0.2, -0.15) is 0 Å². The van der Waals surface area contributed by atoms with E-state index in [2.05, 4.69) is 5.32 Å². The molecule has 0 aliphatic carbocycles. The summed E-state index contributed by atoms with van der Waals surface area (Å²) in [5, 5.41) is 11.1. The highest BCUT2D eigenvalue weighted by molar-refractivity contribution is 6.31. The number of carboxylic acid groups (broad SMARTS) is 1. The van der Waals surface area contributed by atoms with E-state index in [1.165, 1.54) is 7.11 Å². The molecule has 1 aromatic rings. The van der Waals surface area contributed by atoms with Crippen LogP contribution in [0.2, 0.25) is 5.02 Å². The number of alkyl halides is 1. The van der Waals surface area contributed by atoms with Crippen molar-refractivity contribution >= 4 is 41.1 Å². The summed E-state index contributed by atoms with van der Waals surface area (Å²) in [6.07, 6.45) is 0. The number of aliphatic carboxylic acids is 1. The van der Waals surface area contributed by atoms with E-state index in [-0.39, 0.29) is 24.7 Å². The number of ether oxygens (including phenoxy) is 3. The van der Waals surface area contributed by atoms with E-state index in [0.717, 1.165) is 0 Å². The standard InChI is InChI=1S/C20H25ClN2O5.C2H3ClO2/c1-4-28-20(25)18-15(11-27-10-9-22)23-12(2)16(19(24)26-3)17(18)13-7-5-6-8-14(13)21;3-1-2(4)5/h5-8,17,23H,4,9-11,22H2,1-3H3;1H2,(H,4,5). The van der Waals surface area contributed by atoms with E-state index in [1.807, 2.05) is 0 Å². The molecule has 33 heavy (non-hydrogen) atoms. The Labute approximate surface area is 202 Å². The van der Waals surface area contributed by atoms with Crippen molar-refractivity contribution in [1.82, 2.24) is 5.32 Å². The Balaban J connectivity index is 0.000000981. The number of hydrogen-bond donors (Lipinski definition) is 3. The van der Waals surface area contributed by atoms with Crippen LogP contribution in [0.25, 0.3) is 0 Å². The van der Waals surface area contributed by atoms with Crippen LogP contribution in [0.1, 0.15) is 25.3 Å². The molecular weight excluding hydrogens is 475 g/mol. The minimum absolute atomic E-state index is 0.109. The molecule has 0 bridgehead atoms. The van der Waals surface area contributed by atoms with Gasteiger partial charge in [0.2, 0.25) is 0 Å². The number of rotatable bonds is 9. The molecule has 9 nitrogen and oxygen atoms in total. The predicted octanol–water partition coefficient (Wildman–Crippen LogP) is 2.58. The van der Waals surface area contributed by atoms with Gasteiger partial charge in [0.05, 0.1) is 49.7 Å². The fourth-order valence-corrected chi connectivity index (χ4v) is 3.36. The molecule has 0 amide bonds. The number of esters is 2. The molecule has 1 atom stereocenters. The van der Waals surface area contributed by atoms with Gasteiger partial charge in [-0.25, -0.2) is 9.59 Å². The number of halogens is 2. The summed E-state index contributed by atoms with van der Waals surface area (Å²) >= 11 is 11.2. The van der Waals surface area contributed by atoms with Crippen molar-refractivity contribution in [3.63, 3.8) is 0 Å². The molecule has 0 fully saturated rings. The number of nitrogens with one attached hydrogen (secondary N) is 1. The summed E-state index contributed by atoms with van der Waals surface area (Å²) in [4.78, 5) is 34.7. The Bertz CT molecular complexity index is 916. The lowest BCUT2D eigenvalue weighted by atomic mass is 9.80. The molecule has 4 N–H and O–H groups in total. The van der Waals surface area contributed by atoms with E-state index >= 15 is 0 Å². The summed E-state index contributed by atoms with van der Waals surface area (Å²) in [5.74, 6) is -3.15. The van der Waals surface area contributed by atoms with Gasteiger partial charge < -0.3 is 30.4 Å². The van der Waals surface area contributed by atoms with Crippen LogP contribution in [0.15, 0.2) is 46.8 Å². The van der Waals surface area contributed by atoms with Crippen LogP contribution in [0.4, 0.5) is 0 Å². The van der Waals surface area contributed by atoms with Gasteiger partial charge >= 0.3 is 17.9 Å². The maximum atomic E-state index is 12.9. The number of methoxy groups -OCH3 is 1. The topological polar surface area (TPSA) is 137 Å². The zero-order valence-corrected chi connectivity index (χ0v) is 20.2. The number of carbonyl (C=O) groups excluding carboxylic acids is 2. The van der Waals surface area contributed by atoms with Gasteiger partial charge in [-0.3, -0.25) is 4.79 Å². The molecule has 0 spiro atoms. The molecule has 182 valence electrons. The molecule has 1 unspecified atom stereocenters. The summed E-state index contributed by atoms with van der Waals surface area (Å²) in [6.45, 7) is 4.42. The molecule has 1 aliphatic rings. The quantitative estimate of drug-likeness (QED) is 0.264. The van der Waals surface area contributed by atoms with E-state index < -0.39 is 23.8 Å². The Morgan fingerprint density at radius 3 is 2.33 bits per heavy atom. The van der Waals surface area contributed by atoms with Crippen LogP contribution in [0.3, 0.4) is 0 Å². The smallest absolute Gasteiger partial charge is 0.336 e. The number of allylic oxidation sites excluding steroid dienone is 1. The first kappa shape index (κ1) is 28.4. The Morgan fingerprint density at radius 2 is 1.82 bits per heavy atom. The number of nitrogens with two attached hydrogens (primary N) is 1. The second kappa shape index (κ2) is 14.5. The highest BCUT2D eigenvalue weighted by Crippen LogP contribution is 2.41. The van der Waals surface area contributed by atoms with E-state index in [0.29, 0.717) is 40.7 Å². The molecule has 0 saturated carbocycles. The minimum atomic E-state index is -0.980. The Morgan fingerprint density at radius 1 is 1.18 bits per heavy atom. The van der Waals surface area contributed by atoms with Crippen LogP contribution < -0.4 is 11.1 Å². The van der Waals surface area contributed by atoms with Gasteiger partial charge in [0.1, 0.15) is 5.88 Å². The van der Waals surface area contributed by atoms with Crippen LogP contribution in [-0.4, -0.2) is 62.4 Å². The van der Waals surface area contributed by atoms with E-state index in [4.69, 9.17) is 48.3 Å². The summed E-state index contributed by atoms with van der Waals surface area (Å²) < 4.78 is 15.8. The third-order valence-corrected chi connectivity index (χ3v) is 4.96. The van der Waals surface area contributed by atoms with Gasteiger partial charge in [-0.05, 0) is 25.5 Å². The van der Waals surface area contributed by atoms with Crippen molar-refractivity contribution in [2.24, 2.45) is 5.73 Å². The van der Waals surface area contributed by atoms with Gasteiger partial charge in [0, 0.05) is 17.3 Å². The third-order valence-electron chi connectivity index (χ3n) is 4.38. The number of benzene rings is 1. The number of carbonyl (C=O) groups is 3. The molecule has 0 radical (unpaired) electrons. The van der Waals surface area contributed by atoms with Gasteiger partial charge in [0.25, 0.3) is 0 Å². The maximum Gasteiger partial charge on any atom is 0.336 e. The van der Waals surface area contributed by atoms with Crippen molar-refractivity contribution in [3.05, 3.63) is 57.4 Å². The lowest BCUT2D eigenvalue weighted by Crippen LogP contribution is -2.35. The second-order valence-electron chi connectivity index (χ2n) is 6.59.